The van der Waals surface area contributed by atoms with Crippen LogP contribution >= 0.6 is 0 Å². The van der Waals surface area contributed by atoms with Crippen LogP contribution in [0.4, 0.5) is 17.1 Å². The quantitative estimate of drug-likeness (QED) is 0.166. The maximum absolute atomic E-state index is 6.73. The van der Waals surface area contributed by atoms with Crippen LogP contribution in [0.1, 0.15) is 0 Å². The van der Waals surface area contributed by atoms with Crippen LogP contribution in [0.25, 0.3) is 78.0 Å². The number of rotatable bonds is 7. The molecule has 0 unspecified atom stereocenters. The van der Waals surface area contributed by atoms with E-state index in [2.05, 4.69) is 126 Å². The number of aromatic nitrogens is 3. The summed E-state index contributed by atoms with van der Waals surface area (Å²) in [7, 11) is 0. The molecule has 0 bridgehead atoms. The standard InChI is InChI=1S/C49H32N4O/c1-5-15-34(16-6-1)47-50-48(35-17-7-2-8-18-35)52-49(51-47)36-27-25-33(26-28-36)42-31-37-19-13-14-24-41(37)46-45(42)43-32-40(29-30-44(43)54-46)53(38-20-9-3-10-21-38)39-22-11-4-12-23-39/h1-32H. The van der Waals surface area contributed by atoms with E-state index in [1.807, 2.05) is 72.8 Å². The smallest absolute Gasteiger partial charge is 0.164 e. The first-order chi connectivity index (χ1) is 26.8. The topological polar surface area (TPSA) is 55.1 Å². The molecule has 0 atom stereocenters. The molecule has 0 radical (unpaired) electrons. The molecular weight excluding hydrogens is 661 g/mol. The van der Waals surface area contributed by atoms with Crippen LogP contribution in [-0.2, 0) is 0 Å². The van der Waals surface area contributed by atoms with Crippen molar-refractivity contribution in [2.24, 2.45) is 0 Å². The lowest BCUT2D eigenvalue weighted by Crippen LogP contribution is -2.09. The van der Waals surface area contributed by atoms with Crippen molar-refractivity contribution in [1.82, 2.24) is 15.0 Å². The Morgan fingerprint density at radius 3 is 1.43 bits per heavy atom. The van der Waals surface area contributed by atoms with Gasteiger partial charge in [0.2, 0.25) is 0 Å². The fourth-order valence-corrected chi connectivity index (χ4v) is 7.30. The molecule has 0 fully saturated rings. The number of benzene rings is 8. The van der Waals surface area contributed by atoms with E-state index in [1.54, 1.807) is 0 Å². The number of hydrogen-bond acceptors (Lipinski definition) is 5. The van der Waals surface area contributed by atoms with Crippen molar-refractivity contribution in [3.63, 3.8) is 0 Å². The molecule has 0 saturated carbocycles. The zero-order valence-electron chi connectivity index (χ0n) is 29.2. The highest BCUT2D eigenvalue weighted by molar-refractivity contribution is 6.21. The highest BCUT2D eigenvalue weighted by Gasteiger charge is 2.20. The molecule has 2 heterocycles. The van der Waals surface area contributed by atoms with Gasteiger partial charge in [-0.2, -0.15) is 0 Å². The van der Waals surface area contributed by atoms with E-state index in [9.17, 15) is 0 Å². The SMILES string of the molecule is c1ccc(-c2nc(-c3ccccc3)nc(-c3ccc(-c4cc5ccccc5c5oc6ccc(N(c7ccccc7)c7ccccc7)cc6c45)cc3)n2)cc1. The molecule has 5 nitrogen and oxygen atoms in total. The molecule has 0 saturated heterocycles. The lowest BCUT2D eigenvalue weighted by molar-refractivity contribution is 0.673. The molecule has 254 valence electrons. The zero-order chi connectivity index (χ0) is 35.8. The number of anilines is 3. The number of nitrogens with zero attached hydrogens (tertiary/aromatic N) is 4. The Morgan fingerprint density at radius 1 is 0.370 bits per heavy atom. The molecule has 10 rings (SSSR count). The molecule has 8 aromatic carbocycles. The number of hydrogen-bond donors (Lipinski definition) is 0. The van der Waals surface area contributed by atoms with Crippen LogP contribution in [0.3, 0.4) is 0 Å². The van der Waals surface area contributed by atoms with Crippen molar-refractivity contribution in [2.75, 3.05) is 4.90 Å². The first-order valence-corrected chi connectivity index (χ1v) is 18.0. The van der Waals surface area contributed by atoms with Crippen molar-refractivity contribution < 1.29 is 4.42 Å². The van der Waals surface area contributed by atoms with Crippen LogP contribution in [0.15, 0.2) is 199 Å². The highest BCUT2D eigenvalue weighted by Crippen LogP contribution is 2.44. The summed E-state index contributed by atoms with van der Waals surface area (Å²) in [6.07, 6.45) is 0. The van der Waals surface area contributed by atoms with Crippen molar-refractivity contribution in [2.45, 2.75) is 0 Å². The van der Waals surface area contributed by atoms with Crippen molar-refractivity contribution in [3.8, 4) is 45.3 Å². The average molecular weight is 693 g/mol. The van der Waals surface area contributed by atoms with Gasteiger partial charge in [-0.25, -0.2) is 15.0 Å². The fraction of sp³-hybridized carbons (Fsp3) is 0. The van der Waals surface area contributed by atoms with E-state index in [4.69, 9.17) is 19.4 Å². The third kappa shape index (κ3) is 5.65. The minimum absolute atomic E-state index is 0.623. The van der Waals surface area contributed by atoms with Gasteiger partial charge < -0.3 is 9.32 Å². The molecule has 0 aliphatic rings. The summed E-state index contributed by atoms with van der Waals surface area (Å²) in [6, 6.07) is 66.9. The Hall–Kier alpha value is -7.37. The summed E-state index contributed by atoms with van der Waals surface area (Å²) >= 11 is 0. The Balaban J connectivity index is 1.13. The van der Waals surface area contributed by atoms with E-state index >= 15 is 0 Å². The minimum Gasteiger partial charge on any atom is -0.455 e. The summed E-state index contributed by atoms with van der Waals surface area (Å²) < 4.78 is 6.73. The van der Waals surface area contributed by atoms with Crippen LogP contribution in [0.2, 0.25) is 0 Å². The molecule has 2 aromatic heterocycles. The van der Waals surface area contributed by atoms with Gasteiger partial charge in [0.15, 0.2) is 17.5 Å². The summed E-state index contributed by atoms with van der Waals surface area (Å²) in [4.78, 5) is 17.1. The Kier molecular flexibility index (Phi) is 7.73. The van der Waals surface area contributed by atoms with Gasteiger partial charge in [0, 0.05) is 49.9 Å². The van der Waals surface area contributed by atoms with Crippen LogP contribution in [0.5, 0.6) is 0 Å². The van der Waals surface area contributed by atoms with Crippen molar-refractivity contribution >= 4 is 49.8 Å². The molecule has 5 heteroatoms. The normalized spacial score (nSPS) is 11.3. The van der Waals surface area contributed by atoms with Gasteiger partial charge in [-0.15, -0.1) is 0 Å². The average Bonchev–Trinajstić information content (AvgIpc) is 3.64. The van der Waals surface area contributed by atoms with E-state index in [0.29, 0.717) is 17.5 Å². The third-order valence-corrected chi connectivity index (χ3v) is 9.89. The Labute approximate surface area is 312 Å². The Morgan fingerprint density at radius 2 is 0.852 bits per heavy atom. The van der Waals surface area contributed by atoms with Gasteiger partial charge in [-0.3, -0.25) is 0 Å². The molecular formula is C49H32N4O. The maximum atomic E-state index is 6.73. The molecule has 0 N–H and O–H groups in total. The molecule has 0 amide bonds. The van der Waals surface area contributed by atoms with Gasteiger partial charge in [-0.05, 0) is 65.0 Å². The monoisotopic (exact) mass is 692 g/mol. The van der Waals surface area contributed by atoms with Crippen LogP contribution in [0, 0.1) is 0 Å². The summed E-state index contributed by atoms with van der Waals surface area (Å²) in [5.74, 6) is 1.90. The second kappa shape index (κ2) is 13.3. The summed E-state index contributed by atoms with van der Waals surface area (Å²) in [5.41, 5.74) is 9.91. The first-order valence-electron chi connectivity index (χ1n) is 18.0. The lowest BCUT2D eigenvalue weighted by atomic mass is 9.94. The summed E-state index contributed by atoms with van der Waals surface area (Å²) in [6.45, 7) is 0. The van der Waals surface area contributed by atoms with Crippen molar-refractivity contribution in [1.29, 1.82) is 0 Å². The van der Waals surface area contributed by atoms with E-state index in [0.717, 1.165) is 77.6 Å². The largest absolute Gasteiger partial charge is 0.455 e. The Bertz CT molecular complexity index is 2810. The van der Waals surface area contributed by atoms with Gasteiger partial charge in [0.25, 0.3) is 0 Å². The van der Waals surface area contributed by atoms with E-state index in [1.165, 1.54) is 0 Å². The predicted octanol–water partition coefficient (Wildman–Crippen LogP) is 13.1. The van der Waals surface area contributed by atoms with Gasteiger partial charge in [0.05, 0.1) is 0 Å². The first kappa shape index (κ1) is 31.4. The molecule has 54 heavy (non-hydrogen) atoms. The predicted molar refractivity (Wildman–Crippen MR) is 221 cm³/mol. The lowest BCUT2D eigenvalue weighted by Gasteiger charge is -2.25. The van der Waals surface area contributed by atoms with Crippen LogP contribution in [-0.4, -0.2) is 15.0 Å². The fourth-order valence-electron chi connectivity index (χ4n) is 7.30. The second-order valence-corrected chi connectivity index (χ2v) is 13.3. The number of para-hydroxylation sites is 2. The highest BCUT2D eigenvalue weighted by atomic mass is 16.3. The maximum Gasteiger partial charge on any atom is 0.164 e. The van der Waals surface area contributed by atoms with Gasteiger partial charge in [-0.1, -0.05) is 146 Å². The summed E-state index contributed by atoms with van der Waals surface area (Å²) in [5, 5.41) is 4.34. The zero-order valence-corrected chi connectivity index (χ0v) is 29.2. The second-order valence-electron chi connectivity index (χ2n) is 13.3. The minimum atomic E-state index is 0.623. The third-order valence-electron chi connectivity index (χ3n) is 9.89. The van der Waals surface area contributed by atoms with Crippen molar-refractivity contribution in [3.05, 3.63) is 194 Å². The number of fused-ring (bicyclic) bond motifs is 5. The van der Waals surface area contributed by atoms with Crippen LogP contribution < -0.4 is 4.90 Å². The van der Waals surface area contributed by atoms with E-state index < -0.39 is 0 Å². The van der Waals surface area contributed by atoms with Gasteiger partial charge in [0.1, 0.15) is 11.2 Å². The van der Waals surface area contributed by atoms with Gasteiger partial charge >= 0.3 is 0 Å². The number of furan rings is 1. The van der Waals surface area contributed by atoms with E-state index in [-0.39, 0.29) is 0 Å². The molecule has 0 aliphatic carbocycles. The molecule has 10 aromatic rings. The molecule has 0 aliphatic heterocycles. The molecule has 0 spiro atoms.